The lowest BCUT2D eigenvalue weighted by Gasteiger charge is -2.14. The molecule has 0 saturated carbocycles. The molecular weight excluding hydrogens is 408 g/mol. The summed E-state index contributed by atoms with van der Waals surface area (Å²) < 4.78 is 11.2. The van der Waals surface area contributed by atoms with E-state index in [0.29, 0.717) is 34.6 Å². The van der Waals surface area contributed by atoms with Crippen molar-refractivity contribution < 1.29 is 14.3 Å². The number of aryl methyl sites for hydroxylation is 1. The highest BCUT2D eigenvalue weighted by molar-refractivity contribution is 7.80. The summed E-state index contributed by atoms with van der Waals surface area (Å²) in [6.07, 6.45) is 1.77. The van der Waals surface area contributed by atoms with Crippen molar-refractivity contribution in [2.75, 3.05) is 12.0 Å². The fourth-order valence-corrected chi connectivity index (χ4v) is 3.53. The van der Waals surface area contributed by atoms with Crippen LogP contribution in [0.2, 0.25) is 0 Å². The molecule has 4 rings (SSSR count). The fraction of sp³-hybridized carbons (Fsp3) is 0.120. The Labute approximate surface area is 186 Å². The molecule has 0 radical (unpaired) electrons. The molecule has 0 spiro atoms. The molecular formula is C25H22N2O3S. The summed E-state index contributed by atoms with van der Waals surface area (Å²) in [5.41, 5.74) is 4.15. The molecule has 0 bridgehead atoms. The van der Waals surface area contributed by atoms with E-state index in [1.807, 2.05) is 36.4 Å². The number of nitrogens with one attached hydrogen (secondary N) is 1. The van der Waals surface area contributed by atoms with Crippen molar-refractivity contribution in [2.45, 2.75) is 13.5 Å². The number of carbonyl (C=O) groups is 1. The van der Waals surface area contributed by atoms with Gasteiger partial charge in [0.2, 0.25) is 0 Å². The molecule has 1 N–H and O–H groups in total. The Bertz CT molecular complexity index is 1140. The monoisotopic (exact) mass is 430 g/mol. The molecule has 31 heavy (non-hydrogen) atoms. The predicted octanol–water partition coefficient (Wildman–Crippen LogP) is 4.84. The van der Waals surface area contributed by atoms with Crippen molar-refractivity contribution in [3.05, 3.63) is 95.2 Å². The highest BCUT2D eigenvalue weighted by atomic mass is 32.1. The van der Waals surface area contributed by atoms with Crippen molar-refractivity contribution in [3.8, 4) is 11.5 Å². The van der Waals surface area contributed by atoms with Crippen molar-refractivity contribution in [1.29, 1.82) is 0 Å². The summed E-state index contributed by atoms with van der Waals surface area (Å²) in [7, 11) is 1.60. The van der Waals surface area contributed by atoms with Crippen LogP contribution in [0.25, 0.3) is 6.08 Å². The van der Waals surface area contributed by atoms with Crippen LogP contribution in [0.1, 0.15) is 16.7 Å². The third-order valence-corrected chi connectivity index (χ3v) is 5.23. The quantitative estimate of drug-likeness (QED) is 0.448. The molecule has 1 saturated heterocycles. The summed E-state index contributed by atoms with van der Waals surface area (Å²) in [6.45, 7) is 2.50. The van der Waals surface area contributed by atoms with E-state index in [0.717, 1.165) is 11.1 Å². The average molecular weight is 431 g/mol. The lowest BCUT2D eigenvalue weighted by molar-refractivity contribution is -0.113. The van der Waals surface area contributed by atoms with Gasteiger partial charge in [0.05, 0.1) is 12.8 Å². The van der Waals surface area contributed by atoms with E-state index in [1.165, 1.54) is 10.5 Å². The van der Waals surface area contributed by atoms with E-state index in [1.54, 1.807) is 37.5 Å². The van der Waals surface area contributed by atoms with E-state index in [4.69, 9.17) is 21.7 Å². The van der Waals surface area contributed by atoms with Crippen LogP contribution in [0.3, 0.4) is 0 Å². The number of amides is 1. The zero-order chi connectivity index (χ0) is 21.8. The van der Waals surface area contributed by atoms with Crippen LogP contribution in [0.5, 0.6) is 11.5 Å². The van der Waals surface area contributed by atoms with Crippen LogP contribution in [0, 0.1) is 6.92 Å². The molecule has 0 atom stereocenters. The topological polar surface area (TPSA) is 50.8 Å². The van der Waals surface area contributed by atoms with E-state index >= 15 is 0 Å². The van der Waals surface area contributed by atoms with Crippen molar-refractivity contribution in [1.82, 2.24) is 5.32 Å². The van der Waals surface area contributed by atoms with Crippen LogP contribution in [0.4, 0.5) is 5.69 Å². The van der Waals surface area contributed by atoms with Crippen molar-refractivity contribution in [3.63, 3.8) is 0 Å². The molecule has 6 heteroatoms. The van der Waals surface area contributed by atoms with Crippen LogP contribution in [0.15, 0.2) is 78.5 Å². The number of nitrogens with zero attached hydrogens (tertiary/aromatic N) is 1. The largest absolute Gasteiger partial charge is 0.497 e. The molecule has 1 fully saturated rings. The van der Waals surface area contributed by atoms with Gasteiger partial charge in [0.25, 0.3) is 5.91 Å². The SMILES string of the molecule is COc1ccc(N2C(=O)/C(=C/c3ccccc3OCc3ccc(C)cc3)NC2=S)cc1. The Balaban J connectivity index is 1.55. The highest BCUT2D eigenvalue weighted by Crippen LogP contribution is 2.27. The zero-order valence-corrected chi connectivity index (χ0v) is 18.1. The number of hydrogen-bond donors (Lipinski definition) is 1. The standard InChI is InChI=1S/C25H22N2O3S/c1-17-7-9-18(10-8-17)16-30-23-6-4-3-5-19(23)15-22-24(28)27(25(31)26-22)20-11-13-21(29-2)14-12-20/h3-15H,16H2,1-2H3,(H,26,31)/b22-15-. The number of benzene rings is 3. The summed E-state index contributed by atoms with van der Waals surface area (Å²) in [5.74, 6) is 1.19. The first kappa shape index (κ1) is 20.6. The highest BCUT2D eigenvalue weighted by Gasteiger charge is 2.32. The van der Waals surface area contributed by atoms with E-state index in [2.05, 4.69) is 24.4 Å². The van der Waals surface area contributed by atoms with Gasteiger partial charge in [-0.15, -0.1) is 0 Å². The lowest BCUT2D eigenvalue weighted by atomic mass is 10.1. The number of hydrogen-bond acceptors (Lipinski definition) is 4. The number of thiocarbonyl (C=S) groups is 1. The Morgan fingerprint density at radius 1 is 1.00 bits per heavy atom. The second kappa shape index (κ2) is 9.02. The van der Waals surface area contributed by atoms with Gasteiger partial charge in [0, 0.05) is 5.56 Å². The molecule has 5 nitrogen and oxygen atoms in total. The van der Waals surface area contributed by atoms with Gasteiger partial charge in [-0.3, -0.25) is 9.69 Å². The number of methoxy groups -OCH3 is 1. The maximum atomic E-state index is 13.0. The molecule has 1 aliphatic heterocycles. The number of ether oxygens (including phenoxy) is 2. The fourth-order valence-electron chi connectivity index (χ4n) is 3.23. The second-order valence-corrected chi connectivity index (χ2v) is 7.53. The first-order valence-electron chi connectivity index (χ1n) is 9.84. The van der Waals surface area contributed by atoms with E-state index < -0.39 is 0 Å². The lowest BCUT2D eigenvalue weighted by Crippen LogP contribution is -2.30. The Hall–Kier alpha value is -3.64. The van der Waals surface area contributed by atoms with Gasteiger partial charge in [-0.2, -0.15) is 0 Å². The zero-order valence-electron chi connectivity index (χ0n) is 17.3. The third-order valence-electron chi connectivity index (χ3n) is 4.94. The number of anilines is 1. The second-order valence-electron chi connectivity index (χ2n) is 7.14. The smallest absolute Gasteiger partial charge is 0.281 e. The number of carbonyl (C=O) groups excluding carboxylic acids is 1. The third kappa shape index (κ3) is 4.59. The molecule has 0 aromatic heterocycles. The maximum absolute atomic E-state index is 13.0. The summed E-state index contributed by atoms with van der Waals surface area (Å²) >= 11 is 5.40. The molecule has 1 aliphatic rings. The van der Waals surface area contributed by atoms with Gasteiger partial charge in [0.15, 0.2) is 5.11 Å². The predicted molar refractivity (Wildman–Crippen MR) is 126 cm³/mol. The minimum atomic E-state index is -0.219. The Kier molecular flexibility index (Phi) is 6.00. The normalized spacial score (nSPS) is 14.6. The van der Waals surface area contributed by atoms with Crippen molar-refractivity contribution >= 4 is 35.0 Å². The molecule has 1 amide bonds. The summed E-state index contributed by atoms with van der Waals surface area (Å²) in [4.78, 5) is 14.5. The summed E-state index contributed by atoms with van der Waals surface area (Å²) in [5, 5.41) is 3.35. The van der Waals surface area contributed by atoms with Crippen molar-refractivity contribution in [2.24, 2.45) is 0 Å². The van der Waals surface area contributed by atoms with E-state index in [-0.39, 0.29) is 5.91 Å². The molecule has 1 heterocycles. The van der Waals surface area contributed by atoms with E-state index in [9.17, 15) is 4.79 Å². The minimum Gasteiger partial charge on any atom is -0.497 e. The molecule has 0 aliphatic carbocycles. The number of rotatable bonds is 6. The van der Waals surface area contributed by atoms with Crippen LogP contribution >= 0.6 is 12.2 Å². The Morgan fingerprint density at radius 3 is 2.42 bits per heavy atom. The molecule has 3 aromatic rings. The molecule has 0 unspecified atom stereocenters. The minimum absolute atomic E-state index is 0.219. The average Bonchev–Trinajstić information content (AvgIpc) is 3.07. The van der Waals surface area contributed by atoms with Crippen LogP contribution < -0.4 is 19.7 Å². The van der Waals surface area contributed by atoms with Gasteiger partial charge in [-0.05, 0) is 61.1 Å². The Morgan fingerprint density at radius 2 is 1.71 bits per heavy atom. The maximum Gasteiger partial charge on any atom is 0.281 e. The van der Waals surface area contributed by atoms with Crippen LogP contribution in [-0.2, 0) is 11.4 Å². The number of para-hydroxylation sites is 1. The first-order valence-corrected chi connectivity index (χ1v) is 10.2. The van der Waals surface area contributed by atoms with Crippen LogP contribution in [-0.4, -0.2) is 18.1 Å². The molecule has 3 aromatic carbocycles. The first-order chi connectivity index (χ1) is 15.0. The van der Waals surface area contributed by atoms with Gasteiger partial charge in [-0.25, -0.2) is 0 Å². The van der Waals surface area contributed by atoms with Gasteiger partial charge in [-0.1, -0.05) is 48.0 Å². The van der Waals surface area contributed by atoms with Gasteiger partial charge in [0.1, 0.15) is 23.8 Å². The van der Waals surface area contributed by atoms with Gasteiger partial charge >= 0.3 is 0 Å². The summed E-state index contributed by atoms with van der Waals surface area (Å²) in [6, 6.07) is 23.0. The molecule has 156 valence electrons. The van der Waals surface area contributed by atoms with Gasteiger partial charge < -0.3 is 14.8 Å².